The Bertz CT molecular complexity index is 180. The van der Waals surface area contributed by atoms with Crippen LogP contribution in [0.3, 0.4) is 0 Å². The molecule has 0 radical (unpaired) electrons. The van der Waals surface area contributed by atoms with Crippen molar-refractivity contribution >= 4 is 14.1 Å². The predicted molar refractivity (Wildman–Crippen MR) is 73.6 cm³/mol. The summed E-state index contributed by atoms with van der Waals surface area (Å²) < 4.78 is 0. The van der Waals surface area contributed by atoms with E-state index in [1.165, 1.54) is 10.6 Å². The van der Waals surface area contributed by atoms with Crippen molar-refractivity contribution in [3.8, 4) is 0 Å². The number of hydrogen-bond acceptors (Lipinski definition) is 0. The number of rotatable bonds is 6. The van der Waals surface area contributed by atoms with Gasteiger partial charge in [-0.2, -0.15) is 0 Å². The summed E-state index contributed by atoms with van der Waals surface area (Å²) in [7, 11) is 0. The van der Waals surface area contributed by atoms with E-state index in [2.05, 4.69) is 53.4 Å². The summed E-state index contributed by atoms with van der Waals surface area (Å²) in [4.78, 5) is 2.66. The molecular formula is C14H29Al. The third-order valence-corrected chi connectivity index (χ3v) is 7.05. The smallest absolute Gasteiger partial charge is 0.145 e. The Balaban J connectivity index is 4.42. The van der Waals surface area contributed by atoms with Crippen LogP contribution in [0.25, 0.3) is 0 Å². The Morgan fingerprint density at radius 3 is 1.60 bits per heavy atom. The lowest BCUT2D eigenvalue weighted by Gasteiger charge is -2.15. The summed E-state index contributed by atoms with van der Waals surface area (Å²) >= 11 is -0.626. The van der Waals surface area contributed by atoms with Crippen molar-refractivity contribution in [1.29, 1.82) is 0 Å². The van der Waals surface area contributed by atoms with E-state index >= 15 is 0 Å². The first-order valence-corrected chi connectivity index (χ1v) is 8.81. The van der Waals surface area contributed by atoms with Crippen LogP contribution in [0.5, 0.6) is 0 Å². The van der Waals surface area contributed by atoms with Crippen LogP contribution in [0.2, 0.25) is 10.6 Å². The third-order valence-electron chi connectivity index (χ3n) is 2.96. The Labute approximate surface area is 102 Å². The maximum absolute atomic E-state index is 2.66. The summed E-state index contributed by atoms with van der Waals surface area (Å²) in [5, 5.41) is 2.95. The minimum atomic E-state index is -0.626. The lowest BCUT2D eigenvalue weighted by Crippen LogP contribution is -2.16. The Kier molecular flexibility index (Phi) is 7.67. The summed E-state index contributed by atoms with van der Waals surface area (Å²) in [5.41, 5.74) is 1.62. The minimum Gasteiger partial charge on any atom is -0.145 e. The molecule has 0 aromatic carbocycles. The van der Waals surface area contributed by atoms with Gasteiger partial charge in [0.15, 0.2) is 0 Å². The SMILES string of the molecule is C/C(=[CH]\[Al]([CH2]C(C)C)[CH2]C(C)C)C(C)C. The highest BCUT2D eigenvalue weighted by Crippen LogP contribution is 2.19. The van der Waals surface area contributed by atoms with Crippen LogP contribution < -0.4 is 0 Å². The molecule has 0 aromatic heterocycles. The van der Waals surface area contributed by atoms with Gasteiger partial charge in [-0.05, 0) is 12.8 Å². The van der Waals surface area contributed by atoms with E-state index in [1.807, 2.05) is 0 Å². The van der Waals surface area contributed by atoms with Crippen LogP contribution in [-0.2, 0) is 0 Å². The van der Waals surface area contributed by atoms with Gasteiger partial charge in [-0.1, -0.05) is 69.5 Å². The quantitative estimate of drug-likeness (QED) is 0.561. The molecule has 0 N–H and O–H groups in total. The number of allylic oxidation sites excluding steroid dienone is 1. The van der Waals surface area contributed by atoms with Gasteiger partial charge in [-0.3, -0.25) is 0 Å². The lowest BCUT2D eigenvalue weighted by atomic mass is 10.1. The van der Waals surface area contributed by atoms with Crippen molar-refractivity contribution in [1.82, 2.24) is 0 Å². The van der Waals surface area contributed by atoms with E-state index in [4.69, 9.17) is 0 Å². The molecule has 1 heteroatoms. The van der Waals surface area contributed by atoms with Gasteiger partial charge in [0, 0.05) is 0 Å². The zero-order valence-electron chi connectivity index (χ0n) is 11.8. The minimum absolute atomic E-state index is 0.626. The van der Waals surface area contributed by atoms with E-state index in [9.17, 15) is 0 Å². The second kappa shape index (κ2) is 7.53. The molecule has 0 nitrogen and oxygen atoms in total. The van der Waals surface area contributed by atoms with Crippen molar-refractivity contribution < 1.29 is 0 Å². The van der Waals surface area contributed by atoms with Gasteiger partial charge in [0.25, 0.3) is 14.1 Å². The second-order valence-electron chi connectivity index (χ2n) is 6.08. The van der Waals surface area contributed by atoms with E-state index < -0.39 is 14.1 Å². The molecule has 0 saturated heterocycles. The average molecular weight is 224 g/mol. The van der Waals surface area contributed by atoms with Crippen LogP contribution in [0.15, 0.2) is 10.5 Å². The van der Waals surface area contributed by atoms with Crippen molar-refractivity contribution in [2.45, 2.75) is 59.0 Å². The summed E-state index contributed by atoms with van der Waals surface area (Å²) in [5.74, 6) is 2.48. The average Bonchev–Trinajstić information content (AvgIpc) is 2.00. The molecule has 0 spiro atoms. The molecule has 0 aliphatic rings. The van der Waals surface area contributed by atoms with Gasteiger partial charge in [0.1, 0.15) is 0 Å². The second-order valence-corrected chi connectivity index (χ2v) is 8.88. The van der Waals surface area contributed by atoms with Crippen molar-refractivity contribution in [3.05, 3.63) is 10.5 Å². The van der Waals surface area contributed by atoms with Gasteiger partial charge in [0.05, 0.1) is 0 Å². The molecule has 0 unspecified atom stereocenters. The van der Waals surface area contributed by atoms with Crippen molar-refractivity contribution in [3.63, 3.8) is 0 Å². The lowest BCUT2D eigenvalue weighted by molar-refractivity contribution is 0.692. The van der Waals surface area contributed by atoms with Crippen LogP contribution >= 0.6 is 0 Å². The summed E-state index contributed by atoms with van der Waals surface area (Å²) in [6.45, 7) is 16.4. The predicted octanol–water partition coefficient (Wildman–Crippen LogP) is 4.93. The fourth-order valence-electron chi connectivity index (χ4n) is 2.01. The highest BCUT2D eigenvalue weighted by atomic mass is 27.2. The largest absolute Gasteiger partial charge is 0.295 e. The van der Waals surface area contributed by atoms with E-state index in [0.29, 0.717) is 0 Å². The zero-order valence-corrected chi connectivity index (χ0v) is 13.0. The Hall–Kier alpha value is 0.272. The van der Waals surface area contributed by atoms with Gasteiger partial charge < -0.3 is 0 Å². The van der Waals surface area contributed by atoms with Crippen LogP contribution in [-0.4, -0.2) is 14.1 Å². The van der Waals surface area contributed by atoms with Gasteiger partial charge in [-0.25, -0.2) is 0 Å². The van der Waals surface area contributed by atoms with E-state index in [-0.39, 0.29) is 0 Å². The summed E-state index contributed by atoms with van der Waals surface area (Å²) in [6.07, 6.45) is 0. The molecule has 0 aromatic rings. The van der Waals surface area contributed by atoms with E-state index in [0.717, 1.165) is 17.8 Å². The third kappa shape index (κ3) is 8.12. The van der Waals surface area contributed by atoms with Gasteiger partial charge >= 0.3 is 0 Å². The molecule has 88 valence electrons. The Morgan fingerprint density at radius 1 is 0.933 bits per heavy atom. The standard InChI is InChI=1S/C6H11.2C4H9.Al/c1-5(2)6(3)4;2*1-4(2)3;/h1,6H,2-4H3;2*4H,1H2,2-3H3;. The van der Waals surface area contributed by atoms with Crippen LogP contribution in [0.4, 0.5) is 0 Å². The molecule has 0 aliphatic carbocycles. The molecule has 0 bridgehead atoms. The highest BCUT2D eigenvalue weighted by molar-refractivity contribution is 6.64. The van der Waals surface area contributed by atoms with Crippen molar-refractivity contribution in [2.75, 3.05) is 0 Å². The Morgan fingerprint density at radius 2 is 1.33 bits per heavy atom. The maximum Gasteiger partial charge on any atom is 0.295 e. The zero-order chi connectivity index (χ0) is 12.0. The van der Waals surface area contributed by atoms with Crippen molar-refractivity contribution in [2.24, 2.45) is 17.8 Å². The molecule has 0 aliphatic heterocycles. The first-order valence-electron chi connectivity index (χ1n) is 6.51. The van der Waals surface area contributed by atoms with Gasteiger partial charge in [0.2, 0.25) is 0 Å². The monoisotopic (exact) mass is 224 g/mol. The molecule has 0 heterocycles. The molecule has 0 rings (SSSR count). The van der Waals surface area contributed by atoms with Crippen LogP contribution in [0, 0.1) is 17.8 Å². The topological polar surface area (TPSA) is 0 Å². The fraction of sp³-hybridized carbons (Fsp3) is 0.857. The molecule has 15 heavy (non-hydrogen) atoms. The molecule has 0 amide bonds. The molecule has 0 atom stereocenters. The van der Waals surface area contributed by atoms with Crippen LogP contribution in [0.1, 0.15) is 48.5 Å². The van der Waals surface area contributed by atoms with Gasteiger partial charge in [-0.15, -0.1) is 4.94 Å². The highest BCUT2D eigenvalue weighted by Gasteiger charge is 2.18. The first kappa shape index (κ1) is 15.3. The molecular weight excluding hydrogens is 195 g/mol. The molecule has 0 fully saturated rings. The first-order chi connectivity index (χ1) is 6.82. The van der Waals surface area contributed by atoms with E-state index in [1.54, 1.807) is 5.57 Å². The molecule has 0 saturated carbocycles. The fourth-order valence-corrected chi connectivity index (χ4v) is 6.02. The number of hydrogen-bond donors (Lipinski definition) is 0. The maximum atomic E-state index is 2.66. The summed E-state index contributed by atoms with van der Waals surface area (Å²) in [6, 6.07) is 0. The normalized spacial score (nSPS) is 13.1.